The average molecular weight is 481 g/mol. The molecule has 0 unspecified atom stereocenters. The second-order valence-corrected chi connectivity index (χ2v) is 9.90. The number of nitrogens with zero attached hydrogens (tertiary/aromatic N) is 3. The molecule has 1 saturated carbocycles. The number of aromatic nitrogens is 4. The zero-order chi connectivity index (χ0) is 23.9. The number of nitrogens with one attached hydrogen (secondary N) is 3. The number of aromatic amines is 1. The van der Waals surface area contributed by atoms with Crippen molar-refractivity contribution in [2.45, 2.75) is 31.2 Å². The summed E-state index contributed by atoms with van der Waals surface area (Å²) >= 11 is 0. The van der Waals surface area contributed by atoms with Gasteiger partial charge in [0.05, 0.1) is 16.7 Å². The fourth-order valence-corrected chi connectivity index (χ4v) is 4.52. The van der Waals surface area contributed by atoms with E-state index >= 15 is 0 Å². The van der Waals surface area contributed by atoms with Gasteiger partial charge in [0, 0.05) is 43.0 Å². The number of aryl methyl sites for hydroxylation is 2. The highest BCUT2D eigenvalue weighted by atomic mass is 32.2. The highest BCUT2D eigenvalue weighted by molar-refractivity contribution is 7.87. The number of amides is 1. The molecule has 2 aromatic heterocycles. The minimum atomic E-state index is -4.03. The number of carbonyl (C=O) groups excluding carboxylic acids is 1. The number of imidazole rings is 1. The Kier molecular flexibility index (Phi) is 5.48. The molecule has 10 nitrogen and oxygen atoms in total. The standard InChI is InChI=1S/C23H24N6O4S/c1-14-16(13-29(2)28-14)12-24-17-5-8-19(9-6-17)34(31,32)33-18-7-10-20-21(11-18)26-23(25-20)27-22(30)15-3-4-15/h5-11,13,15,24H,3-4,12H2,1-2H3,(H2,25,26,27,30). The molecular formula is C23H24N6O4S. The van der Waals surface area contributed by atoms with E-state index in [0.29, 0.717) is 23.5 Å². The van der Waals surface area contributed by atoms with E-state index in [1.165, 1.54) is 18.2 Å². The number of hydrogen-bond donors (Lipinski definition) is 3. The monoisotopic (exact) mass is 480 g/mol. The summed E-state index contributed by atoms with van der Waals surface area (Å²) in [4.78, 5) is 19.3. The third-order valence-electron chi connectivity index (χ3n) is 5.59. The normalized spacial score (nSPS) is 13.7. The molecule has 0 atom stereocenters. The first-order valence-electron chi connectivity index (χ1n) is 10.8. The highest BCUT2D eigenvalue weighted by Gasteiger charge is 2.30. The summed E-state index contributed by atoms with van der Waals surface area (Å²) < 4.78 is 32.6. The quantitative estimate of drug-likeness (QED) is 0.330. The molecule has 5 rings (SSSR count). The molecule has 0 spiro atoms. The number of carbonyl (C=O) groups is 1. The molecule has 1 aliphatic rings. The first kappa shape index (κ1) is 22.0. The summed E-state index contributed by atoms with van der Waals surface area (Å²) in [6.45, 7) is 2.52. The Bertz CT molecular complexity index is 1470. The molecule has 2 aromatic carbocycles. The van der Waals surface area contributed by atoms with Crippen LogP contribution in [0.1, 0.15) is 24.1 Å². The summed E-state index contributed by atoms with van der Waals surface area (Å²) in [6, 6.07) is 11.1. The van der Waals surface area contributed by atoms with Gasteiger partial charge in [0.1, 0.15) is 10.6 Å². The van der Waals surface area contributed by atoms with Gasteiger partial charge >= 0.3 is 10.1 Å². The van der Waals surface area contributed by atoms with Crippen LogP contribution in [0.3, 0.4) is 0 Å². The van der Waals surface area contributed by atoms with Crippen molar-refractivity contribution in [3.8, 4) is 5.75 Å². The topological polar surface area (TPSA) is 131 Å². The van der Waals surface area contributed by atoms with Crippen molar-refractivity contribution in [2.24, 2.45) is 13.0 Å². The van der Waals surface area contributed by atoms with Crippen molar-refractivity contribution in [2.75, 3.05) is 10.6 Å². The Morgan fingerprint density at radius 2 is 1.97 bits per heavy atom. The van der Waals surface area contributed by atoms with Crippen LogP contribution < -0.4 is 14.8 Å². The first-order chi connectivity index (χ1) is 16.3. The lowest BCUT2D eigenvalue weighted by Crippen LogP contribution is -2.14. The van der Waals surface area contributed by atoms with E-state index < -0.39 is 10.1 Å². The summed E-state index contributed by atoms with van der Waals surface area (Å²) in [5.74, 6) is 0.465. The number of rotatable bonds is 8. The third-order valence-corrected chi connectivity index (χ3v) is 6.85. The molecule has 3 N–H and O–H groups in total. The highest BCUT2D eigenvalue weighted by Crippen LogP contribution is 2.30. The van der Waals surface area contributed by atoms with E-state index in [4.69, 9.17) is 4.18 Å². The van der Waals surface area contributed by atoms with Crippen molar-refractivity contribution < 1.29 is 17.4 Å². The van der Waals surface area contributed by atoms with Crippen LogP contribution in [-0.4, -0.2) is 34.1 Å². The second-order valence-electron chi connectivity index (χ2n) is 8.36. The Morgan fingerprint density at radius 3 is 2.65 bits per heavy atom. The molecule has 1 aliphatic carbocycles. The molecule has 4 aromatic rings. The number of fused-ring (bicyclic) bond motifs is 1. The van der Waals surface area contributed by atoms with Gasteiger partial charge in [0.15, 0.2) is 0 Å². The fourth-order valence-electron chi connectivity index (χ4n) is 3.60. The molecular weight excluding hydrogens is 456 g/mol. The van der Waals surface area contributed by atoms with Gasteiger partial charge in [-0.3, -0.25) is 14.8 Å². The van der Waals surface area contributed by atoms with Gasteiger partial charge in [-0.1, -0.05) is 0 Å². The first-order valence-corrected chi connectivity index (χ1v) is 12.3. The SMILES string of the molecule is Cc1nn(C)cc1CNc1ccc(S(=O)(=O)Oc2ccc3nc(NC(=O)C4CC4)[nH]c3c2)cc1. The van der Waals surface area contributed by atoms with Gasteiger partial charge in [0.25, 0.3) is 0 Å². The number of hydrogen-bond acceptors (Lipinski definition) is 7. The molecule has 176 valence electrons. The van der Waals surface area contributed by atoms with Gasteiger partial charge in [-0.25, -0.2) is 4.98 Å². The lowest BCUT2D eigenvalue weighted by Gasteiger charge is -2.09. The summed E-state index contributed by atoms with van der Waals surface area (Å²) in [5.41, 5.74) is 3.93. The maximum absolute atomic E-state index is 12.8. The summed E-state index contributed by atoms with van der Waals surface area (Å²) in [6.07, 6.45) is 3.72. The van der Waals surface area contributed by atoms with Crippen molar-refractivity contribution >= 4 is 38.7 Å². The zero-order valence-electron chi connectivity index (χ0n) is 18.7. The Morgan fingerprint density at radius 1 is 1.21 bits per heavy atom. The number of anilines is 2. The van der Waals surface area contributed by atoms with Crippen LogP contribution >= 0.6 is 0 Å². The van der Waals surface area contributed by atoms with E-state index in [-0.39, 0.29) is 22.5 Å². The molecule has 0 aliphatic heterocycles. The molecule has 34 heavy (non-hydrogen) atoms. The van der Waals surface area contributed by atoms with E-state index in [1.807, 2.05) is 20.2 Å². The largest absolute Gasteiger partial charge is 0.381 e. The average Bonchev–Trinajstić information content (AvgIpc) is 3.50. The fraction of sp³-hybridized carbons (Fsp3) is 0.261. The Balaban J connectivity index is 1.26. The van der Waals surface area contributed by atoms with Crippen LogP contribution in [0.5, 0.6) is 5.75 Å². The number of H-pyrrole nitrogens is 1. The van der Waals surface area contributed by atoms with Gasteiger partial charge in [-0.05, 0) is 56.2 Å². The van der Waals surface area contributed by atoms with E-state index in [2.05, 4.69) is 25.7 Å². The van der Waals surface area contributed by atoms with Crippen LogP contribution in [-0.2, 0) is 28.5 Å². The summed E-state index contributed by atoms with van der Waals surface area (Å²) in [5, 5.41) is 10.3. The Labute approximate surface area is 196 Å². The Hall–Kier alpha value is -3.86. The smallest absolute Gasteiger partial charge is 0.339 e. The van der Waals surface area contributed by atoms with Gasteiger partial charge in [0.2, 0.25) is 11.9 Å². The van der Waals surface area contributed by atoms with Crippen LogP contribution in [0.25, 0.3) is 11.0 Å². The van der Waals surface area contributed by atoms with Crippen LogP contribution in [0.4, 0.5) is 11.6 Å². The molecule has 11 heteroatoms. The molecule has 1 amide bonds. The van der Waals surface area contributed by atoms with Gasteiger partial charge in [-0.2, -0.15) is 13.5 Å². The minimum Gasteiger partial charge on any atom is -0.381 e. The molecule has 0 bridgehead atoms. The molecule has 0 saturated heterocycles. The molecule has 2 heterocycles. The van der Waals surface area contributed by atoms with Crippen molar-refractivity contribution in [1.29, 1.82) is 0 Å². The molecule has 1 fully saturated rings. The second kappa shape index (κ2) is 8.49. The van der Waals surface area contributed by atoms with Crippen molar-refractivity contribution in [1.82, 2.24) is 19.7 Å². The maximum atomic E-state index is 12.8. The van der Waals surface area contributed by atoms with Gasteiger partial charge < -0.3 is 14.5 Å². The van der Waals surface area contributed by atoms with Crippen molar-refractivity contribution in [3.63, 3.8) is 0 Å². The third kappa shape index (κ3) is 4.74. The minimum absolute atomic E-state index is 0.0395. The van der Waals surface area contributed by atoms with Crippen LogP contribution in [0.15, 0.2) is 53.6 Å². The van der Waals surface area contributed by atoms with E-state index in [1.54, 1.807) is 28.9 Å². The van der Waals surface area contributed by atoms with Crippen molar-refractivity contribution in [3.05, 3.63) is 59.9 Å². The number of benzene rings is 2. The van der Waals surface area contributed by atoms with Crippen LogP contribution in [0.2, 0.25) is 0 Å². The predicted octanol–water partition coefficient (Wildman–Crippen LogP) is 3.33. The van der Waals surface area contributed by atoms with E-state index in [9.17, 15) is 13.2 Å². The summed E-state index contributed by atoms with van der Waals surface area (Å²) in [7, 11) is -2.16. The molecule has 0 radical (unpaired) electrons. The lowest BCUT2D eigenvalue weighted by molar-refractivity contribution is -0.117. The zero-order valence-corrected chi connectivity index (χ0v) is 19.5. The maximum Gasteiger partial charge on any atom is 0.339 e. The van der Waals surface area contributed by atoms with E-state index in [0.717, 1.165) is 29.8 Å². The predicted molar refractivity (Wildman–Crippen MR) is 127 cm³/mol. The lowest BCUT2D eigenvalue weighted by atomic mass is 10.2. The van der Waals surface area contributed by atoms with Gasteiger partial charge in [-0.15, -0.1) is 0 Å². The van der Waals surface area contributed by atoms with Crippen LogP contribution in [0, 0.1) is 12.8 Å².